The number of nitrogens with one attached hydrogen (secondary N) is 1. The van der Waals surface area contributed by atoms with Crippen molar-refractivity contribution in [1.29, 1.82) is 0 Å². The molecule has 3 nitrogen and oxygen atoms in total. The van der Waals surface area contributed by atoms with Gasteiger partial charge in [-0.25, -0.2) is 0 Å². The van der Waals surface area contributed by atoms with Gasteiger partial charge in [-0.3, -0.25) is 9.69 Å². The van der Waals surface area contributed by atoms with Crippen LogP contribution in [-0.2, 0) is 17.5 Å². The summed E-state index contributed by atoms with van der Waals surface area (Å²) in [4.78, 5) is 14.4. The highest BCUT2D eigenvalue weighted by molar-refractivity contribution is 5.76. The van der Waals surface area contributed by atoms with Crippen LogP contribution >= 0.6 is 0 Å². The van der Waals surface area contributed by atoms with Crippen molar-refractivity contribution in [1.82, 2.24) is 10.2 Å². The van der Waals surface area contributed by atoms with Crippen molar-refractivity contribution >= 4 is 5.91 Å². The second-order valence-corrected chi connectivity index (χ2v) is 8.36. The number of rotatable bonds is 6. The molecule has 1 aromatic rings. The fraction of sp³-hybridized carbons (Fsp3) is 0.682. The summed E-state index contributed by atoms with van der Waals surface area (Å²) < 4.78 is 38.5. The highest BCUT2D eigenvalue weighted by atomic mass is 19.4. The van der Waals surface area contributed by atoms with Crippen LogP contribution in [0.3, 0.4) is 0 Å². The Bertz CT molecular complexity index is 633. The van der Waals surface area contributed by atoms with Gasteiger partial charge in [0.05, 0.1) is 5.56 Å². The molecule has 0 bridgehead atoms. The number of alkyl halides is 3. The molecule has 1 saturated heterocycles. The largest absolute Gasteiger partial charge is 0.416 e. The lowest BCUT2D eigenvalue weighted by molar-refractivity contribution is -0.137. The number of likely N-dealkylation sites (tertiary alicyclic amines) is 1. The number of carbonyl (C=O) groups excluding carboxylic acids is 1. The van der Waals surface area contributed by atoms with Crippen molar-refractivity contribution in [3.8, 4) is 0 Å². The molecule has 3 rings (SSSR count). The molecule has 0 atom stereocenters. The monoisotopic (exact) mass is 396 g/mol. The van der Waals surface area contributed by atoms with Gasteiger partial charge in [0.25, 0.3) is 0 Å². The van der Waals surface area contributed by atoms with Gasteiger partial charge in [0.2, 0.25) is 5.91 Å². The SMILES string of the molecule is O=C(CCC1CCCCC1)NC1CCN(Cc2cccc(C(F)(F)F)c2)CC1. The van der Waals surface area contributed by atoms with Gasteiger partial charge in [0.1, 0.15) is 0 Å². The van der Waals surface area contributed by atoms with Crippen LogP contribution < -0.4 is 5.32 Å². The fourth-order valence-corrected chi connectivity index (χ4v) is 4.45. The van der Waals surface area contributed by atoms with Crippen LogP contribution in [0.4, 0.5) is 13.2 Å². The van der Waals surface area contributed by atoms with Gasteiger partial charge in [-0.1, -0.05) is 50.3 Å². The van der Waals surface area contributed by atoms with E-state index in [1.807, 2.05) is 0 Å². The smallest absolute Gasteiger partial charge is 0.353 e. The van der Waals surface area contributed by atoms with Crippen LogP contribution in [0.5, 0.6) is 0 Å². The molecule has 0 spiro atoms. The van der Waals surface area contributed by atoms with Crippen molar-refractivity contribution in [3.05, 3.63) is 35.4 Å². The first-order valence-electron chi connectivity index (χ1n) is 10.6. The molecule has 156 valence electrons. The van der Waals surface area contributed by atoms with Crippen LogP contribution in [0, 0.1) is 5.92 Å². The number of hydrogen-bond acceptors (Lipinski definition) is 2. The van der Waals surface area contributed by atoms with E-state index in [0.29, 0.717) is 24.4 Å². The van der Waals surface area contributed by atoms with Crippen LogP contribution in [0.25, 0.3) is 0 Å². The maximum atomic E-state index is 12.8. The Balaban J connectivity index is 1.38. The van der Waals surface area contributed by atoms with E-state index in [1.54, 1.807) is 6.07 Å². The number of piperidine rings is 1. The van der Waals surface area contributed by atoms with Crippen LogP contribution in [0.15, 0.2) is 24.3 Å². The summed E-state index contributed by atoms with van der Waals surface area (Å²) in [5.41, 5.74) is 0.0925. The molecule has 1 aliphatic heterocycles. The minimum atomic E-state index is -4.30. The maximum Gasteiger partial charge on any atom is 0.416 e. The van der Waals surface area contributed by atoms with Crippen molar-refractivity contribution in [3.63, 3.8) is 0 Å². The molecule has 0 radical (unpaired) electrons. The van der Waals surface area contributed by atoms with E-state index in [4.69, 9.17) is 0 Å². The number of halogens is 3. The number of nitrogens with zero attached hydrogens (tertiary/aromatic N) is 1. The Morgan fingerprint density at radius 3 is 2.46 bits per heavy atom. The van der Waals surface area contributed by atoms with E-state index in [0.717, 1.165) is 38.4 Å². The van der Waals surface area contributed by atoms with E-state index in [9.17, 15) is 18.0 Å². The molecular formula is C22H31F3N2O. The zero-order valence-corrected chi connectivity index (χ0v) is 16.4. The molecule has 0 unspecified atom stereocenters. The molecule has 1 amide bonds. The standard InChI is InChI=1S/C22H31F3N2O/c23-22(24,25)19-8-4-7-18(15-19)16-27-13-11-20(12-14-27)26-21(28)10-9-17-5-2-1-3-6-17/h4,7-8,15,17,20H,1-3,5-6,9-14,16H2,(H,26,28). The first kappa shape index (κ1) is 21.2. The molecule has 0 aromatic heterocycles. The quantitative estimate of drug-likeness (QED) is 0.722. The molecule has 6 heteroatoms. The Morgan fingerprint density at radius 2 is 1.79 bits per heavy atom. The van der Waals surface area contributed by atoms with E-state index in [-0.39, 0.29) is 11.9 Å². The zero-order valence-electron chi connectivity index (χ0n) is 16.4. The van der Waals surface area contributed by atoms with Crippen molar-refractivity contribution < 1.29 is 18.0 Å². The molecular weight excluding hydrogens is 365 g/mol. The topological polar surface area (TPSA) is 32.3 Å². The zero-order chi connectivity index (χ0) is 20.0. The minimum absolute atomic E-state index is 0.155. The van der Waals surface area contributed by atoms with Crippen LogP contribution in [-0.4, -0.2) is 29.9 Å². The molecule has 1 heterocycles. The summed E-state index contributed by atoms with van der Waals surface area (Å²) in [6.45, 7) is 2.11. The van der Waals surface area contributed by atoms with Gasteiger partial charge in [0, 0.05) is 32.1 Å². The van der Waals surface area contributed by atoms with Gasteiger partial charge in [-0.2, -0.15) is 13.2 Å². The number of benzene rings is 1. The Hall–Kier alpha value is -1.56. The van der Waals surface area contributed by atoms with Crippen molar-refractivity contribution in [2.24, 2.45) is 5.92 Å². The fourth-order valence-electron chi connectivity index (χ4n) is 4.45. The second kappa shape index (κ2) is 9.77. The molecule has 2 fully saturated rings. The lowest BCUT2D eigenvalue weighted by Gasteiger charge is -2.32. The van der Waals surface area contributed by atoms with E-state index in [1.165, 1.54) is 44.2 Å². The third-order valence-electron chi connectivity index (χ3n) is 6.12. The highest BCUT2D eigenvalue weighted by Crippen LogP contribution is 2.30. The minimum Gasteiger partial charge on any atom is -0.353 e. The Labute approximate surface area is 165 Å². The van der Waals surface area contributed by atoms with Gasteiger partial charge in [-0.15, -0.1) is 0 Å². The number of carbonyl (C=O) groups is 1. The Morgan fingerprint density at radius 1 is 1.07 bits per heavy atom. The van der Waals surface area contributed by atoms with E-state index in [2.05, 4.69) is 10.2 Å². The van der Waals surface area contributed by atoms with Crippen molar-refractivity contribution in [2.45, 2.75) is 76.6 Å². The molecule has 1 aliphatic carbocycles. The average Bonchev–Trinajstić information content (AvgIpc) is 2.68. The molecule has 1 saturated carbocycles. The third kappa shape index (κ3) is 6.50. The third-order valence-corrected chi connectivity index (χ3v) is 6.12. The number of hydrogen-bond donors (Lipinski definition) is 1. The van der Waals surface area contributed by atoms with E-state index >= 15 is 0 Å². The van der Waals surface area contributed by atoms with Crippen LogP contribution in [0.2, 0.25) is 0 Å². The summed E-state index contributed by atoms with van der Waals surface area (Å²) in [5, 5.41) is 3.16. The average molecular weight is 396 g/mol. The lowest BCUT2D eigenvalue weighted by atomic mass is 9.86. The summed E-state index contributed by atoms with van der Waals surface area (Å²) in [5.74, 6) is 0.871. The van der Waals surface area contributed by atoms with Gasteiger partial charge in [-0.05, 0) is 36.8 Å². The number of amides is 1. The predicted octanol–water partition coefficient (Wildman–Crippen LogP) is 5.15. The summed E-state index contributed by atoms with van der Waals surface area (Å²) in [6.07, 6.45) is 5.50. The summed E-state index contributed by atoms with van der Waals surface area (Å²) >= 11 is 0. The van der Waals surface area contributed by atoms with Gasteiger partial charge in [0.15, 0.2) is 0 Å². The molecule has 1 aromatic carbocycles. The lowest BCUT2D eigenvalue weighted by Crippen LogP contribution is -2.44. The van der Waals surface area contributed by atoms with Crippen LogP contribution in [0.1, 0.15) is 68.9 Å². The highest BCUT2D eigenvalue weighted by Gasteiger charge is 2.30. The van der Waals surface area contributed by atoms with Gasteiger partial charge >= 0.3 is 6.18 Å². The second-order valence-electron chi connectivity index (χ2n) is 8.36. The van der Waals surface area contributed by atoms with Crippen molar-refractivity contribution in [2.75, 3.05) is 13.1 Å². The maximum absolute atomic E-state index is 12.8. The Kier molecular flexibility index (Phi) is 7.38. The molecule has 28 heavy (non-hydrogen) atoms. The van der Waals surface area contributed by atoms with Gasteiger partial charge < -0.3 is 5.32 Å². The molecule has 1 N–H and O–H groups in total. The summed E-state index contributed by atoms with van der Waals surface area (Å²) in [6, 6.07) is 5.75. The van der Waals surface area contributed by atoms with E-state index < -0.39 is 11.7 Å². The first-order chi connectivity index (χ1) is 13.4. The predicted molar refractivity (Wildman–Crippen MR) is 104 cm³/mol. The summed E-state index contributed by atoms with van der Waals surface area (Å²) in [7, 11) is 0. The first-order valence-corrected chi connectivity index (χ1v) is 10.6. The molecule has 2 aliphatic rings. The normalized spacial score (nSPS) is 20.2.